The van der Waals surface area contributed by atoms with Gasteiger partial charge in [-0.15, -0.1) is 0 Å². The molecule has 5 nitrogen and oxygen atoms in total. The summed E-state index contributed by atoms with van der Waals surface area (Å²) in [7, 11) is 0. The lowest BCUT2D eigenvalue weighted by Gasteiger charge is -2.04. The van der Waals surface area contributed by atoms with Crippen LogP contribution < -0.4 is 5.73 Å². The minimum atomic E-state index is -0.468. The molecule has 16 heavy (non-hydrogen) atoms. The zero-order valence-electron chi connectivity index (χ0n) is 8.08. The zero-order valence-corrected chi connectivity index (χ0v) is 8.90. The van der Waals surface area contributed by atoms with E-state index in [0.717, 1.165) is 11.3 Å². The number of nitrogens with zero attached hydrogens (tertiary/aromatic N) is 1. The summed E-state index contributed by atoms with van der Waals surface area (Å²) >= 11 is 0.983. The number of benzene rings is 1. The quantitative estimate of drug-likeness (QED) is 0.476. The predicted molar refractivity (Wildman–Crippen MR) is 62.5 cm³/mol. The van der Waals surface area contributed by atoms with Gasteiger partial charge in [0.15, 0.2) is 0 Å². The van der Waals surface area contributed by atoms with E-state index in [1.165, 1.54) is 12.1 Å². The summed E-state index contributed by atoms with van der Waals surface area (Å²) in [4.78, 5) is 10.7. The van der Waals surface area contributed by atoms with E-state index < -0.39 is 4.92 Å². The predicted octanol–water partition coefficient (Wildman–Crippen LogP) is 2.61. The molecule has 0 bridgehead atoms. The maximum atomic E-state index is 10.5. The van der Waals surface area contributed by atoms with Crippen molar-refractivity contribution in [2.24, 2.45) is 0 Å². The molecule has 0 fully saturated rings. The Morgan fingerprint density at radius 1 is 1.31 bits per heavy atom. The van der Waals surface area contributed by atoms with Gasteiger partial charge in [0.1, 0.15) is 5.75 Å². The van der Waals surface area contributed by atoms with Crippen LogP contribution in [0.5, 0.6) is 5.75 Å². The maximum absolute atomic E-state index is 10.5. The molecule has 0 aliphatic carbocycles. The molecule has 0 atom stereocenters. The number of phenolic OH excluding ortho intramolecular Hbond substituents is 1. The van der Waals surface area contributed by atoms with Crippen LogP contribution in [0, 0.1) is 10.1 Å². The molecule has 0 saturated carbocycles. The summed E-state index contributed by atoms with van der Waals surface area (Å²) < 4.78 is 0. The van der Waals surface area contributed by atoms with E-state index >= 15 is 0 Å². The van der Waals surface area contributed by atoms with Crippen LogP contribution in [0.3, 0.4) is 0 Å². The number of rotatable bonds is 2. The first-order valence-corrected chi connectivity index (χ1v) is 5.23. The minimum Gasteiger partial charge on any atom is -0.507 e. The highest BCUT2D eigenvalue weighted by Crippen LogP contribution is 2.40. The number of aromatic hydroxyl groups is 1. The van der Waals surface area contributed by atoms with Gasteiger partial charge in [-0.2, -0.15) is 0 Å². The second kappa shape index (κ2) is 3.82. The van der Waals surface area contributed by atoms with Gasteiger partial charge in [-0.1, -0.05) is 17.4 Å². The standard InChI is InChI=1S/C10H8N2O3S/c11-6-2-1-3-7(13)10(6)8-4-5-9(16-8)12(14)15/h1-5,13H,11H2. The molecular weight excluding hydrogens is 228 g/mol. The average molecular weight is 236 g/mol. The summed E-state index contributed by atoms with van der Waals surface area (Å²) in [5, 5.41) is 20.2. The number of phenols is 1. The Balaban J connectivity index is 2.54. The van der Waals surface area contributed by atoms with Crippen molar-refractivity contribution in [1.82, 2.24) is 0 Å². The molecule has 1 heterocycles. The number of anilines is 1. The van der Waals surface area contributed by atoms with Gasteiger partial charge in [-0.05, 0) is 18.2 Å². The van der Waals surface area contributed by atoms with Crippen LogP contribution in [0.2, 0.25) is 0 Å². The smallest absolute Gasteiger partial charge is 0.324 e. The third-order valence-corrected chi connectivity index (χ3v) is 3.15. The molecule has 2 rings (SSSR count). The molecular formula is C10H8N2O3S. The number of hydrogen-bond donors (Lipinski definition) is 2. The topological polar surface area (TPSA) is 89.4 Å². The van der Waals surface area contributed by atoms with Crippen LogP contribution in [-0.4, -0.2) is 10.0 Å². The number of thiophene rings is 1. The van der Waals surface area contributed by atoms with Crippen molar-refractivity contribution in [3.05, 3.63) is 40.4 Å². The van der Waals surface area contributed by atoms with Gasteiger partial charge >= 0.3 is 5.00 Å². The lowest BCUT2D eigenvalue weighted by molar-refractivity contribution is -0.380. The van der Waals surface area contributed by atoms with Gasteiger partial charge in [0.2, 0.25) is 0 Å². The SMILES string of the molecule is Nc1cccc(O)c1-c1ccc([N+](=O)[O-])s1. The summed E-state index contributed by atoms with van der Waals surface area (Å²) in [5.74, 6) is 0.0248. The number of nitro groups is 1. The molecule has 82 valence electrons. The van der Waals surface area contributed by atoms with Crippen molar-refractivity contribution in [2.45, 2.75) is 0 Å². The Morgan fingerprint density at radius 3 is 2.62 bits per heavy atom. The molecule has 0 saturated heterocycles. The number of hydrogen-bond acceptors (Lipinski definition) is 5. The molecule has 2 aromatic rings. The van der Waals surface area contributed by atoms with Gasteiger partial charge in [0.25, 0.3) is 0 Å². The highest BCUT2D eigenvalue weighted by Gasteiger charge is 2.15. The fourth-order valence-electron chi connectivity index (χ4n) is 1.39. The molecule has 0 amide bonds. The zero-order chi connectivity index (χ0) is 11.7. The molecule has 3 N–H and O–H groups in total. The number of nitrogen functional groups attached to an aromatic ring is 1. The highest BCUT2D eigenvalue weighted by atomic mass is 32.1. The summed E-state index contributed by atoms with van der Waals surface area (Å²) in [6.45, 7) is 0. The van der Waals surface area contributed by atoms with E-state index in [9.17, 15) is 15.2 Å². The highest BCUT2D eigenvalue weighted by molar-refractivity contribution is 7.18. The number of nitrogens with two attached hydrogens (primary N) is 1. The Kier molecular flexibility index (Phi) is 2.49. The molecule has 0 aliphatic heterocycles. The van der Waals surface area contributed by atoms with Crippen molar-refractivity contribution in [1.29, 1.82) is 0 Å². The van der Waals surface area contributed by atoms with Crippen molar-refractivity contribution < 1.29 is 10.0 Å². The Labute approximate surface area is 94.9 Å². The molecule has 0 unspecified atom stereocenters. The van der Waals surface area contributed by atoms with Gasteiger partial charge in [-0.3, -0.25) is 10.1 Å². The van der Waals surface area contributed by atoms with Crippen LogP contribution in [0.1, 0.15) is 0 Å². The third kappa shape index (κ3) is 1.70. The van der Waals surface area contributed by atoms with E-state index in [1.54, 1.807) is 18.2 Å². The first-order valence-electron chi connectivity index (χ1n) is 4.41. The molecule has 1 aromatic heterocycles. The first-order chi connectivity index (χ1) is 7.59. The van der Waals surface area contributed by atoms with Crippen molar-refractivity contribution in [3.63, 3.8) is 0 Å². The van der Waals surface area contributed by atoms with Crippen LogP contribution in [-0.2, 0) is 0 Å². The normalized spacial score (nSPS) is 10.2. The monoisotopic (exact) mass is 236 g/mol. The Bertz CT molecular complexity index is 530. The van der Waals surface area contributed by atoms with Crippen molar-refractivity contribution in [3.8, 4) is 16.2 Å². The molecule has 0 aliphatic rings. The third-order valence-electron chi connectivity index (χ3n) is 2.09. The van der Waals surface area contributed by atoms with E-state index in [1.807, 2.05) is 0 Å². The second-order valence-corrected chi connectivity index (χ2v) is 4.20. The van der Waals surface area contributed by atoms with Crippen LogP contribution in [0.4, 0.5) is 10.7 Å². The minimum absolute atomic E-state index is 0.0248. The second-order valence-electron chi connectivity index (χ2n) is 3.14. The summed E-state index contributed by atoms with van der Waals surface area (Å²) in [6.07, 6.45) is 0. The summed E-state index contributed by atoms with van der Waals surface area (Å²) in [5.41, 5.74) is 6.56. The Morgan fingerprint density at radius 2 is 2.06 bits per heavy atom. The van der Waals surface area contributed by atoms with Crippen molar-refractivity contribution in [2.75, 3.05) is 5.73 Å². The fraction of sp³-hybridized carbons (Fsp3) is 0. The van der Waals surface area contributed by atoms with E-state index in [0.29, 0.717) is 16.1 Å². The van der Waals surface area contributed by atoms with E-state index in [2.05, 4.69) is 0 Å². The lowest BCUT2D eigenvalue weighted by Crippen LogP contribution is -1.88. The van der Waals surface area contributed by atoms with Crippen LogP contribution in [0.25, 0.3) is 10.4 Å². The van der Waals surface area contributed by atoms with Gasteiger partial charge < -0.3 is 10.8 Å². The summed E-state index contributed by atoms with van der Waals surface area (Å²) in [6, 6.07) is 7.73. The van der Waals surface area contributed by atoms with E-state index in [4.69, 9.17) is 5.73 Å². The van der Waals surface area contributed by atoms with Gasteiger partial charge in [0.05, 0.1) is 10.5 Å². The molecule has 6 heteroatoms. The largest absolute Gasteiger partial charge is 0.507 e. The van der Waals surface area contributed by atoms with Crippen LogP contribution in [0.15, 0.2) is 30.3 Å². The lowest BCUT2D eigenvalue weighted by atomic mass is 10.1. The average Bonchev–Trinajstić information content (AvgIpc) is 2.66. The molecule has 0 radical (unpaired) electrons. The van der Waals surface area contributed by atoms with Crippen LogP contribution >= 0.6 is 11.3 Å². The Hall–Kier alpha value is -2.08. The molecule has 1 aromatic carbocycles. The van der Waals surface area contributed by atoms with E-state index in [-0.39, 0.29) is 10.8 Å². The van der Waals surface area contributed by atoms with Crippen molar-refractivity contribution >= 4 is 22.0 Å². The molecule has 0 spiro atoms. The maximum Gasteiger partial charge on any atom is 0.324 e. The van der Waals surface area contributed by atoms with Gasteiger partial charge in [0, 0.05) is 16.6 Å². The first kappa shape index (κ1) is 10.4. The van der Waals surface area contributed by atoms with Gasteiger partial charge in [-0.25, -0.2) is 0 Å². The fourth-order valence-corrected chi connectivity index (χ4v) is 2.28.